The summed E-state index contributed by atoms with van der Waals surface area (Å²) in [5.74, 6) is 0.353. The van der Waals surface area contributed by atoms with Gasteiger partial charge in [-0.3, -0.25) is 19.3 Å². The Labute approximate surface area is 119 Å². The number of rotatable bonds is 2. The molecule has 0 spiro atoms. The molecule has 2 fully saturated rings. The molecule has 1 aromatic heterocycles. The van der Waals surface area contributed by atoms with E-state index in [0.29, 0.717) is 30.1 Å². The fraction of sp³-hybridized carbons (Fsp3) is 0.500. The van der Waals surface area contributed by atoms with Gasteiger partial charge in [0.1, 0.15) is 11.3 Å². The topological polar surface area (TPSA) is 83.7 Å². The van der Waals surface area contributed by atoms with Gasteiger partial charge in [0.15, 0.2) is 0 Å². The van der Waals surface area contributed by atoms with Crippen molar-refractivity contribution >= 4 is 28.8 Å². The van der Waals surface area contributed by atoms with Gasteiger partial charge < -0.3 is 9.42 Å². The molecule has 2 aliphatic rings. The van der Waals surface area contributed by atoms with Crippen LogP contribution in [-0.4, -0.2) is 56.9 Å². The van der Waals surface area contributed by atoms with Crippen LogP contribution < -0.4 is 0 Å². The number of carbonyl (C=O) groups is 3. The Bertz CT molecular complexity index is 570. The van der Waals surface area contributed by atoms with Crippen molar-refractivity contribution in [2.75, 3.05) is 18.8 Å². The Morgan fingerprint density at radius 3 is 2.55 bits per heavy atom. The van der Waals surface area contributed by atoms with Crippen molar-refractivity contribution in [3.05, 3.63) is 17.0 Å². The zero-order chi connectivity index (χ0) is 14.4. The second kappa shape index (κ2) is 4.62. The van der Waals surface area contributed by atoms with Crippen LogP contribution in [0.1, 0.15) is 21.8 Å². The van der Waals surface area contributed by atoms with Crippen molar-refractivity contribution in [1.29, 1.82) is 0 Å². The first-order valence-corrected chi connectivity index (χ1v) is 7.18. The maximum Gasteiger partial charge on any atom is 0.289 e. The molecule has 0 aliphatic carbocycles. The second-order valence-electron chi connectivity index (χ2n) is 4.88. The first-order chi connectivity index (χ1) is 9.49. The number of imide groups is 1. The van der Waals surface area contributed by atoms with E-state index in [1.165, 1.54) is 4.90 Å². The molecule has 3 rings (SSSR count). The van der Waals surface area contributed by atoms with Crippen LogP contribution in [0.5, 0.6) is 0 Å². The zero-order valence-electron chi connectivity index (χ0n) is 11.1. The van der Waals surface area contributed by atoms with Crippen LogP contribution in [0.3, 0.4) is 0 Å². The Morgan fingerprint density at radius 1 is 1.35 bits per heavy atom. The third-order valence-corrected chi connectivity index (χ3v) is 4.38. The van der Waals surface area contributed by atoms with Gasteiger partial charge >= 0.3 is 0 Å². The molecule has 3 amide bonds. The van der Waals surface area contributed by atoms with E-state index in [2.05, 4.69) is 5.16 Å². The molecule has 0 radical (unpaired) electrons. The van der Waals surface area contributed by atoms with E-state index in [9.17, 15) is 14.4 Å². The van der Waals surface area contributed by atoms with Gasteiger partial charge in [0, 0.05) is 13.1 Å². The third kappa shape index (κ3) is 1.91. The minimum Gasteiger partial charge on any atom is -0.361 e. The Balaban J connectivity index is 1.68. The predicted octanol–water partition coefficient (Wildman–Crippen LogP) is 0.811. The minimum absolute atomic E-state index is 0.163. The summed E-state index contributed by atoms with van der Waals surface area (Å²) in [6.07, 6.45) is 0. The summed E-state index contributed by atoms with van der Waals surface area (Å²) in [6, 6.07) is -0.200. The number of hydrogen-bond donors (Lipinski definition) is 0. The highest BCUT2D eigenvalue weighted by Crippen LogP contribution is 2.27. The Hall–Kier alpha value is -1.83. The van der Waals surface area contributed by atoms with Crippen LogP contribution in [0.2, 0.25) is 0 Å². The predicted molar refractivity (Wildman–Crippen MR) is 70.4 cm³/mol. The molecule has 3 heterocycles. The highest BCUT2D eigenvalue weighted by Gasteiger charge is 2.44. The fourth-order valence-corrected chi connectivity index (χ4v) is 3.22. The molecule has 0 bridgehead atoms. The second-order valence-corrected chi connectivity index (χ2v) is 5.81. The first-order valence-electron chi connectivity index (χ1n) is 6.20. The number of nitrogens with zero attached hydrogens (tertiary/aromatic N) is 3. The molecule has 0 aromatic carbocycles. The number of amides is 3. The van der Waals surface area contributed by atoms with Crippen LogP contribution in [0.4, 0.5) is 4.79 Å². The molecular formula is C12H13N3O4S. The highest BCUT2D eigenvalue weighted by molar-refractivity contribution is 8.14. The largest absolute Gasteiger partial charge is 0.361 e. The lowest BCUT2D eigenvalue weighted by atomic mass is 10.0. The number of hydrogen-bond acceptors (Lipinski definition) is 6. The summed E-state index contributed by atoms with van der Waals surface area (Å²) in [5, 5.41) is 3.54. The van der Waals surface area contributed by atoms with Gasteiger partial charge in [-0.1, -0.05) is 16.9 Å². The summed E-state index contributed by atoms with van der Waals surface area (Å²) >= 11 is 1.01. The SMILES string of the molecule is Cc1noc(C)c1C(=O)N1CC(N2C(=O)CSC2=O)C1. The smallest absolute Gasteiger partial charge is 0.289 e. The van der Waals surface area contributed by atoms with E-state index in [1.807, 2.05) is 0 Å². The molecule has 1 aromatic rings. The van der Waals surface area contributed by atoms with Crippen molar-refractivity contribution in [3.63, 3.8) is 0 Å². The number of carbonyl (C=O) groups excluding carboxylic acids is 3. The maximum atomic E-state index is 12.3. The van der Waals surface area contributed by atoms with Gasteiger partial charge in [-0.25, -0.2) is 0 Å². The van der Waals surface area contributed by atoms with Crippen molar-refractivity contribution in [1.82, 2.24) is 15.0 Å². The third-order valence-electron chi connectivity index (χ3n) is 3.55. The molecule has 2 saturated heterocycles. The first kappa shape index (κ1) is 13.2. The van der Waals surface area contributed by atoms with Gasteiger partial charge in [-0.05, 0) is 13.8 Å². The summed E-state index contributed by atoms with van der Waals surface area (Å²) in [6.45, 7) is 4.15. The number of aromatic nitrogens is 1. The lowest BCUT2D eigenvalue weighted by Crippen LogP contribution is -2.62. The summed E-state index contributed by atoms with van der Waals surface area (Å²) in [4.78, 5) is 38.3. The van der Waals surface area contributed by atoms with Gasteiger partial charge in [0.05, 0.1) is 17.5 Å². The fourth-order valence-electron chi connectivity index (χ4n) is 2.45. The number of likely N-dealkylation sites (tertiary alicyclic amines) is 1. The van der Waals surface area contributed by atoms with E-state index in [1.54, 1.807) is 18.7 Å². The normalized spacial score (nSPS) is 19.7. The lowest BCUT2D eigenvalue weighted by molar-refractivity contribution is -0.128. The molecule has 0 unspecified atom stereocenters. The van der Waals surface area contributed by atoms with E-state index < -0.39 is 0 Å². The molecule has 2 aliphatic heterocycles. The van der Waals surface area contributed by atoms with Crippen LogP contribution in [0, 0.1) is 13.8 Å². The number of thioether (sulfide) groups is 1. The van der Waals surface area contributed by atoms with Gasteiger partial charge in [0.25, 0.3) is 11.1 Å². The standard InChI is InChI=1S/C12H13N3O4S/c1-6-10(7(2)19-13-6)11(17)14-3-8(4-14)15-9(16)5-20-12(15)18/h8H,3-5H2,1-2H3. The summed E-state index contributed by atoms with van der Waals surface area (Å²) in [7, 11) is 0. The molecule has 20 heavy (non-hydrogen) atoms. The van der Waals surface area contributed by atoms with Crippen molar-refractivity contribution < 1.29 is 18.9 Å². The van der Waals surface area contributed by atoms with Crippen LogP contribution >= 0.6 is 11.8 Å². The van der Waals surface area contributed by atoms with Crippen molar-refractivity contribution in [3.8, 4) is 0 Å². The molecule has 106 valence electrons. The molecule has 0 atom stereocenters. The summed E-state index contributed by atoms with van der Waals surface area (Å²) in [5.41, 5.74) is 1.02. The molecule has 7 nitrogen and oxygen atoms in total. The average Bonchev–Trinajstić information content (AvgIpc) is 2.83. The van der Waals surface area contributed by atoms with Crippen LogP contribution in [-0.2, 0) is 4.79 Å². The Kier molecular flexibility index (Phi) is 3.04. The molecule has 0 saturated carbocycles. The van der Waals surface area contributed by atoms with Gasteiger partial charge in [-0.2, -0.15) is 0 Å². The van der Waals surface area contributed by atoms with Crippen LogP contribution in [0.15, 0.2) is 4.52 Å². The van der Waals surface area contributed by atoms with Crippen LogP contribution in [0.25, 0.3) is 0 Å². The average molecular weight is 295 g/mol. The van der Waals surface area contributed by atoms with Crippen molar-refractivity contribution in [2.45, 2.75) is 19.9 Å². The monoisotopic (exact) mass is 295 g/mol. The highest BCUT2D eigenvalue weighted by atomic mass is 32.2. The zero-order valence-corrected chi connectivity index (χ0v) is 11.9. The molecular weight excluding hydrogens is 282 g/mol. The van der Waals surface area contributed by atoms with Gasteiger partial charge in [-0.15, -0.1) is 0 Å². The molecule has 0 N–H and O–H groups in total. The van der Waals surface area contributed by atoms with Gasteiger partial charge in [0.2, 0.25) is 5.91 Å². The lowest BCUT2D eigenvalue weighted by Gasteiger charge is -2.42. The molecule has 8 heteroatoms. The van der Waals surface area contributed by atoms with E-state index >= 15 is 0 Å². The quantitative estimate of drug-likeness (QED) is 0.803. The number of aryl methyl sites for hydroxylation is 2. The van der Waals surface area contributed by atoms with E-state index in [4.69, 9.17) is 4.52 Å². The Morgan fingerprint density at radius 2 is 2.05 bits per heavy atom. The van der Waals surface area contributed by atoms with Crippen molar-refractivity contribution in [2.24, 2.45) is 0 Å². The van der Waals surface area contributed by atoms with E-state index in [0.717, 1.165) is 11.8 Å². The summed E-state index contributed by atoms with van der Waals surface area (Å²) < 4.78 is 4.98. The minimum atomic E-state index is -0.218. The van der Waals surface area contributed by atoms with E-state index in [-0.39, 0.29) is 28.8 Å². The maximum absolute atomic E-state index is 12.3.